The Morgan fingerprint density at radius 2 is 1.71 bits per heavy atom. The van der Waals surface area contributed by atoms with E-state index in [-0.39, 0.29) is 5.91 Å². The van der Waals surface area contributed by atoms with Crippen molar-refractivity contribution in [3.05, 3.63) is 65.2 Å². The minimum atomic E-state index is 0.0828. The van der Waals surface area contributed by atoms with Gasteiger partial charge < -0.3 is 9.80 Å². The van der Waals surface area contributed by atoms with Crippen molar-refractivity contribution < 1.29 is 4.79 Å². The molecule has 4 heteroatoms. The second-order valence-electron chi connectivity index (χ2n) is 7.86. The number of aryl methyl sites for hydroxylation is 1. The van der Waals surface area contributed by atoms with Gasteiger partial charge in [-0.05, 0) is 50.7 Å². The van der Waals surface area contributed by atoms with Crippen LogP contribution in [-0.2, 0) is 11.2 Å². The normalized spacial score (nSPS) is 12.4. The second-order valence-corrected chi connectivity index (χ2v) is 7.86. The summed E-state index contributed by atoms with van der Waals surface area (Å²) < 4.78 is 0. The van der Waals surface area contributed by atoms with Crippen molar-refractivity contribution in [1.29, 1.82) is 0 Å². The standard InChI is InChI=1S/C24H29N3O/c1-16-14-22(19-12-10-18(11-13-19)17(2)26(3)4)25-24-20(8-7-9-21(16)24)15-23(28)27(5)6/h7-14,17H,15H2,1-6H3. The van der Waals surface area contributed by atoms with E-state index in [1.54, 1.807) is 19.0 Å². The Hall–Kier alpha value is -2.72. The van der Waals surface area contributed by atoms with Crippen LogP contribution >= 0.6 is 0 Å². The molecule has 2 aromatic carbocycles. The van der Waals surface area contributed by atoms with E-state index in [0.717, 1.165) is 27.7 Å². The Balaban J connectivity index is 2.04. The second kappa shape index (κ2) is 8.11. The number of fused-ring (bicyclic) bond motifs is 1. The number of rotatable bonds is 5. The van der Waals surface area contributed by atoms with Gasteiger partial charge >= 0.3 is 0 Å². The molecule has 0 aliphatic heterocycles. The van der Waals surface area contributed by atoms with Gasteiger partial charge in [0.15, 0.2) is 0 Å². The van der Waals surface area contributed by atoms with Crippen molar-refractivity contribution in [2.24, 2.45) is 0 Å². The third-order valence-electron chi connectivity index (χ3n) is 5.43. The molecule has 3 aromatic rings. The van der Waals surface area contributed by atoms with Crippen LogP contribution in [0.3, 0.4) is 0 Å². The first-order chi connectivity index (χ1) is 13.3. The molecular formula is C24H29N3O. The van der Waals surface area contributed by atoms with Gasteiger partial charge in [-0.3, -0.25) is 4.79 Å². The van der Waals surface area contributed by atoms with Crippen LogP contribution in [0, 0.1) is 6.92 Å². The van der Waals surface area contributed by atoms with Crippen LogP contribution in [0.25, 0.3) is 22.2 Å². The van der Waals surface area contributed by atoms with Crippen LogP contribution in [0.1, 0.15) is 29.7 Å². The molecule has 0 radical (unpaired) electrons. The molecule has 1 aromatic heterocycles. The smallest absolute Gasteiger partial charge is 0.226 e. The van der Waals surface area contributed by atoms with Gasteiger partial charge in [-0.25, -0.2) is 4.98 Å². The van der Waals surface area contributed by atoms with Gasteiger partial charge in [0.2, 0.25) is 5.91 Å². The minimum Gasteiger partial charge on any atom is -0.349 e. The summed E-state index contributed by atoms with van der Waals surface area (Å²) in [6.07, 6.45) is 0.361. The quantitative estimate of drug-likeness (QED) is 0.660. The van der Waals surface area contributed by atoms with Crippen LogP contribution < -0.4 is 0 Å². The molecule has 0 aliphatic rings. The fraction of sp³-hybridized carbons (Fsp3) is 0.333. The summed E-state index contributed by atoms with van der Waals surface area (Å²) in [6, 6.07) is 17.2. The summed E-state index contributed by atoms with van der Waals surface area (Å²) >= 11 is 0. The molecule has 28 heavy (non-hydrogen) atoms. The van der Waals surface area contributed by atoms with Gasteiger partial charge in [0.05, 0.1) is 17.6 Å². The van der Waals surface area contributed by atoms with Crippen LogP contribution in [0.5, 0.6) is 0 Å². The van der Waals surface area contributed by atoms with Crippen molar-refractivity contribution in [1.82, 2.24) is 14.8 Å². The number of carbonyl (C=O) groups excluding carboxylic acids is 1. The molecule has 1 atom stereocenters. The highest BCUT2D eigenvalue weighted by Gasteiger charge is 2.13. The first kappa shape index (κ1) is 20.0. The molecule has 0 aliphatic carbocycles. The van der Waals surface area contributed by atoms with E-state index in [2.05, 4.69) is 69.2 Å². The summed E-state index contributed by atoms with van der Waals surface area (Å²) in [5.41, 5.74) is 6.37. The van der Waals surface area contributed by atoms with Crippen molar-refractivity contribution in [2.75, 3.05) is 28.2 Å². The monoisotopic (exact) mass is 375 g/mol. The lowest BCUT2D eigenvalue weighted by molar-refractivity contribution is -0.127. The van der Waals surface area contributed by atoms with Crippen LogP contribution in [0.4, 0.5) is 0 Å². The maximum atomic E-state index is 12.2. The van der Waals surface area contributed by atoms with Gasteiger partial charge in [-0.15, -0.1) is 0 Å². The molecule has 0 saturated heterocycles. The third kappa shape index (κ3) is 4.07. The van der Waals surface area contributed by atoms with Crippen molar-refractivity contribution >= 4 is 16.8 Å². The van der Waals surface area contributed by atoms with E-state index in [9.17, 15) is 4.79 Å². The van der Waals surface area contributed by atoms with Crippen LogP contribution in [-0.4, -0.2) is 48.9 Å². The van der Waals surface area contributed by atoms with E-state index < -0.39 is 0 Å². The van der Waals surface area contributed by atoms with Crippen LogP contribution in [0.2, 0.25) is 0 Å². The van der Waals surface area contributed by atoms with Crippen molar-refractivity contribution in [2.45, 2.75) is 26.3 Å². The summed E-state index contributed by atoms with van der Waals surface area (Å²) in [4.78, 5) is 21.0. The fourth-order valence-electron chi connectivity index (χ4n) is 3.32. The number of hydrogen-bond donors (Lipinski definition) is 0. The molecule has 4 nitrogen and oxygen atoms in total. The number of amides is 1. The highest BCUT2D eigenvalue weighted by atomic mass is 16.2. The Kier molecular flexibility index (Phi) is 5.80. The molecule has 1 heterocycles. The largest absolute Gasteiger partial charge is 0.349 e. The molecule has 1 amide bonds. The maximum Gasteiger partial charge on any atom is 0.226 e. The summed E-state index contributed by atoms with van der Waals surface area (Å²) in [7, 11) is 7.74. The summed E-state index contributed by atoms with van der Waals surface area (Å²) in [5.74, 6) is 0.0828. The summed E-state index contributed by atoms with van der Waals surface area (Å²) in [6.45, 7) is 4.30. The van der Waals surface area contributed by atoms with Gasteiger partial charge in [0.25, 0.3) is 0 Å². The predicted molar refractivity (Wildman–Crippen MR) is 116 cm³/mol. The lowest BCUT2D eigenvalue weighted by atomic mass is 9.99. The Morgan fingerprint density at radius 3 is 2.32 bits per heavy atom. The lowest BCUT2D eigenvalue weighted by Crippen LogP contribution is -2.23. The Labute approximate surface area is 167 Å². The number of likely N-dealkylation sites (N-methyl/N-ethyl adjacent to an activating group) is 1. The van der Waals surface area contributed by atoms with Crippen LogP contribution in [0.15, 0.2) is 48.5 Å². The third-order valence-corrected chi connectivity index (χ3v) is 5.43. The van der Waals surface area contributed by atoms with E-state index >= 15 is 0 Å². The predicted octanol–water partition coefficient (Wildman–Crippen LogP) is 4.46. The van der Waals surface area contributed by atoms with Crippen molar-refractivity contribution in [3.63, 3.8) is 0 Å². The Morgan fingerprint density at radius 1 is 1.04 bits per heavy atom. The zero-order valence-electron chi connectivity index (χ0n) is 17.7. The minimum absolute atomic E-state index is 0.0828. The van der Waals surface area contributed by atoms with Gasteiger partial charge in [-0.2, -0.15) is 0 Å². The molecule has 146 valence electrons. The van der Waals surface area contributed by atoms with E-state index in [1.807, 2.05) is 12.1 Å². The van der Waals surface area contributed by atoms with E-state index in [1.165, 1.54) is 11.1 Å². The molecule has 3 rings (SSSR count). The molecule has 0 fully saturated rings. The molecular weight excluding hydrogens is 346 g/mol. The molecule has 0 saturated carbocycles. The highest BCUT2D eigenvalue weighted by molar-refractivity contribution is 5.91. The van der Waals surface area contributed by atoms with Gasteiger partial charge in [-0.1, -0.05) is 42.5 Å². The number of carbonyl (C=O) groups is 1. The first-order valence-electron chi connectivity index (χ1n) is 9.64. The SMILES string of the molecule is Cc1cc(-c2ccc(C(C)N(C)C)cc2)nc2c(CC(=O)N(C)C)cccc12. The Bertz CT molecular complexity index is 991. The zero-order chi connectivity index (χ0) is 20.4. The average Bonchev–Trinajstić information content (AvgIpc) is 2.67. The van der Waals surface area contributed by atoms with Crippen molar-refractivity contribution in [3.8, 4) is 11.3 Å². The molecule has 1 unspecified atom stereocenters. The van der Waals surface area contributed by atoms with Gasteiger partial charge in [0.1, 0.15) is 0 Å². The molecule has 0 spiro atoms. The topological polar surface area (TPSA) is 36.4 Å². The maximum absolute atomic E-state index is 12.2. The molecule has 0 bridgehead atoms. The number of para-hydroxylation sites is 1. The summed E-state index contributed by atoms with van der Waals surface area (Å²) in [5, 5.41) is 1.10. The number of aromatic nitrogens is 1. The zero-order valence-corrected chi connectivity index (χ0v) is 17.7. The van der Waals surface area contributed by atoms with E-state index in [4.69, 9.17) is 4.98 Å². The van der Waals surface area contributed by atoms with Gasteiger partial charge in [0, 0.05) is 31.1 Å². The number of nitrogens with zero attached hydrogens (tertiary/aromatic N) is 3. The number of pyridine rings is 1. The molecule has 0 N–H and O–H groups in total. The first-order valence-corrected chi connectivity index (χ1v) is 9.64. The highest BCUT2D eigenvalue weighted by Crippen LogP contribution is 2.28. The fourth-order valence-corrected chi connectivity index (χ4v) is 3.32. The number of benzene rings is 2. The van der Waals surface area contributed by atoms with E-state index in [0.29, 0.717) is 12.5 Å². The lowest BCUT2D eigenvalue weighted by Gasteiger charge is -2.20. The number of hydrogen-bond acceptors (Lipinski definition) is 3. The average molecular weight is 376 g/mol.